The Bertz CT molecular complexity index is 678. The summed E-state index contributed by atoms with van der Waals surface area (Å²) >= 11 is 0. The van der Waals surface area contributed by atoms with Crippen molar-refractivity contribution in [2.45, 2.75) is 26.3 Å². The summed E-state index contributed by atoms with van der Waals surface area (Å²) in [5.74, 6) is -1.94. The van der Waals surface area contributed by atoms with Crippen LogP contribution in [0.15, 0.2) is 24.3 Å². The van der Waals surface area contributed by atoms with E-state index in [1.807, 2.05) is 0 Å². The molecule has 1 atom stereocenters. The SMILES string of the molecule is CC(=O)NCCN(C(=O)CCOc1ccccc1[N+](=O)[O-])C(C)C(=O)O. The number of nitro groups is 1. The molecule has 26 heavy (non-hydrogen) atoms. The molecule has 1 aromatic rings. The fourth-order valence-electron chi connectivity index (χ4n) is 2.14. The highest BCUT2D eigenvalue weighted by Crippen LogP contribution is 2.25. The van der Waals surface area contributed by atoms with Crippen LogP contribution in [0.4, 0.5) is 5.69 Å². The number of nitro benzene ring substituents is 1. The number of carboxylic acids is 1. The van der Waals surface area contributed by atoms with Crippen LogP contribution < -0.4 is 10.1 Å². The minimum absolute atomic E-state index is 0.0252. The molecule has 1 aromatic carbocycles. The number of nitrogens with one attached hydrogen (secondary N) is 1. The molecule has 0 spiro atoms. The van der Waals surface area contributed by atoms with Crippen LogP contribution in [0.1, 0.15) is 20.3 Å². The number of benzene rings is 1. The van der Waals surface area contributed by atoms with Gasteiger partial charge in [-0.15, -0.1) is 0 Å². The third-order valence-electron chi connectivity index (χ3n) is 3.51. The molecule has 0 fully saturated rings. The number of ether oxygens (including phenoxy) is 1. The number of amides is 2. The van der Waals surface area contributed by atoms with Crippen molar-refractivity contribution in [2.75, 3.05) is 19.7 Å². The summed E-state index contributed by atoms with van der Waals surface area (Å²) in [6, 6.07) is 4.67. The second-order valence-electron chi connectivity index (χ2n) is 5.41. The van der Waals surface area contributed by atoms with Gasteiger partial charge in [-0.05, 0) is 13.0 Å². The highest BCUT2D eigenvalue weighted by molar-refractivity contribution is 5.83. The maximum Gasteiger partial charge on any atom is 0.326 e. The Morgan fingerprint density at radius 3 is 2.58 bits per heavy atom. The van der Waals surface area contributed by atoms with Crippen LogP contribution >= 0.6 is 0 Å². The van der Waals surface area contributed by atoms with E-state index in [0.29, 0.717) is 0 Å². The van der Waals surface area contributed by atoms with Gasteiger partial charge in [-0.3, -0.25) is 19.7 Å². The molecular formula is C16H21N3O7. The molecule has 0 bridgehead atoms. The van der Waals surface area contributed by atoms with Crippen molar-refractivity contribution < 1.29 is 29.2 Å². The lowest BCUT2D eigenvalue weighted by atomic mass is 10.2. The van der Waals surface area contributed by atoms with Crippen LogP contribution in [0, 0.1) is 10.1 Å². The van der Waals surface area contributed by atoms with Gasteiger partial charge in [0, 0.05) is 26.1 Å². The minimum atomic E-state index is -1.18. The van der Waals surface area contributed by atoms with Gasteiger partial charge >= 0.3 is 11.7 Å². The topological polar surface area (TPSA) is 139 Å². The molecule has 1 rings (SSSR count). The second-order valence-corrected chi connectivity index (χ2v) is 5.41. The molecular weight excluding hydrogens is 346 g/mol. The molecule has 2 amide bonds. The van der Waals surface area contributed by atoms with Gasteiger partial charge in [0.15, 0.2) is 5.75 Å². The summed E-state index contributed by atoms with van der Waals surface area (Å²) in [6.45, 7) is 2.66. The summed E-state index contributed by atoms with van der Waals surface area (Å²) in [7, 11) is 0. The Labute approximate surface area is 149 Å². The maximum absolute atomic E-state index is 12.3. The molecule has 0 heterocycles. The molecule has 0 radical (unpaired) electrons. The Balaban J connectivity index is 2.67. The molecule has 1 unspecified atom stereocenters. The van der Waals surface area contributed by atoms with E-state index < -0.39 is 22.8 Å². The maximum atomic E-state index is 12.3. The molecule has 10 nitrogen and oxygen atoms in total. The number of nitrogens with zero attached hydrogens (tertiary/aromatic N) is 2. The predicted molar refractivity (Wildman–Crippen MR) is 90.7 cm³/mol. The second kappa shape index (κ2) is 9.97. The summed E-state index contributed by atoms with van der Waals surface area (Å²) in [6.07, 6.45) is -0.163. The van der Waals surface area contributed by atoms with Gasteiger partial charge < -0.3 is 20.1 Å². The van der Waals surface area contributed by atoms with Crippen LogP contribution in [0.25, 0.3) is 0 Å². The zero-order chi connectivity index (χ0) is 19.7. The lowest BCUT2D eigenvalue weighted by Crippen LogP contribution is -2.47. The number of carboxylic acid groups (broad SMARTS) is 1. The van der Waals surface area contributed by atoms with E-state index in [9.17, 15) is 24.5 Å². The average molecular weight is 367 g/mol. The van der Waals surface area contributed by atoms with E-state index >= 15 is 0 Å². The number of para-hydroxylation sites is 2. The fraction of sp³-hybridized carbons (Fsp3) is 0.438. The molecule has 0 aliphatic rings. The van der Waals surface area contributed by atoms with Crippen molar-refractivity contribution >= 4 is 23.5 Å². The van der Waals surface area contributed by atoms with Crippen molar-refractivity contribution in [1.82, 2.24) is 10.2 Å². The molecule has 2 N–H and O–H groups in total. The van der Waals surface area contributed by atoms with E-state index in [0.717, 1.165) is 4.90 Å². The van der Waals surface area contributed by atoms with Crippen molar-refractivity contribution in [3.8, 4) is 5.75 Å². The van der Waals surface area contributed by atoms with E-state index in [-0.39, 0.29) is 43.5 Å². The highest BCUT2D eigenvalue weighted by Gasteiger charge is 2.25. The largest absolute Gasteiger partial charge is 0.486 e. The highest BCUT2D eigenvalue weighted by atomic mass is 16.6. The molecule has 142 valence electrons. The first-order valence-corrected chi connectivity index (χ1v) is 7.87. The zero-order valence-electron chi connectivity index (χ0n) is 14.5. The molecule has 10 heteroatoms. The number of rotatable bonds is 10. The molecule has 0 aromatic heterocycles. The van der Waals surface area contributed by atoms with Crippen LogP contribution in [0.3, 0.4) is 0 Å². The predicted octanol–water partition coefficient (Wildman–Crippen LogP) is 0.801. The van der Waals surface area contributed by atoms with Gasteiger partial charge in [0.05, 0.1) is 18.0 Å². The third-order valence-corrected chi connectivity index (χ3v) is 3.51. The first-order chi connectivity index (χ1) is 12.2. The van der Waals surface area contributed by atoms with Crippen LogP contribution in [-0.4, -0.2) is 58.5 Å². The third kappa shape index (κ3) is 6.38. The Hall–Kier alpha value is -3.17. The Morgan fingerprint density at radius 1 is 1.35 bits per heavy atom. The van der Waals surface area contributed by atoms with E-state index in [1.54, 1.807) is 6.07 Å². The van der Waals surface area contributed by atoms with E-state index in [1.165, 1.54) is 32.0 Å². The van der Waals surface area contributed by atoms with Gasteiger partial charge in [-0.1, -0.05) is 12.1 Å². The lowest BCUT2D eigenvalue weighted by Gasteiger charge is -2.26. The lowest BCUT2D eigenvalue weighted by molar-refractivity contribution is -0.385. The first-order valence-electron chi connectivity index (χ1n) is 7.87. The average Bonchev–Trinajstić information content (AvgIpc) is 2.58. The van der Waals surface area contributed by atoms with Crippen molar-refractivity contribution in [1.29, 1.82) is 0 Å². The Morgan fingerprint density at radius 2 is 2.00 bits per heavy atom. The number of carbonyl (C=O) groups excluding carboxylic acids is 2. The standard InChI is InChI=1S/C16H21N3O7/c1-11(16(22)23)18(9-8-17-12(2)20)15(21)7-10-26-14-6-4-3-5-13(14)19(24)25/h3-6,11H,7-10H2,1-2H3,(H,17,20)(H,22,23). The minimum Gasteiger partial charge on any atom is -0.486 e. The number of aliphatic carboxylic acids is 1. The molecule has 0 aliphatic carbocycles. The van der Waals surface area contributed by atoms with Gasteiger partial charge in [0.1, 0.15) is 6.04 Å². The van der Waals surface area contributed by atoms with Crippen LogP contribution in [-0.2, 0) is 14.4 Å². The van der Waals surface area contributed by atoms with Gasteiger partial charge in [-0.25, -0.2) is 4.79 Å². The molecule has 0 saturated carbocycles. The van der Waals surface area contributed by atoms with Crippen LogP contribution in [0.5, 0.6) is 5.75 Å². The fourth-order valence-corrected chi connectivity index (χ4v) is 2.14. The summed E-state index contributed by atoms with van der Waals surface area (Å²) in [5, 5.41) is 22.5. The normalized spacial score (nSPS) is 11.3. The zero-order valence-corrected chi connectivity index (χ0v) is 14.5. The summed E-state index contributed by atoms with van der Waals surface area (Å²) in [5.41, 5.74) is -0.221. The molecule has 0 saturated heterocycles. The monoisotopic (exact) mass is 367 g/mol. The smallest absolute Gasteiger partial charge is 0.326 e. The first kappa shape index (κ1) is 20.9. The van der Waals surface area contributed by atoms with Gasteiger partial charge in [-0.2, -0.15) is 0 Å². The van der Waals surface area contributed by atoms with E-state index in [2.05, 4.69) is 5.32 Å². The molecule has 0 aliphatic heterocycles. The van der Waals surface area contributed by atoms with Gasteiger partial charge in [0.25, 0.3) is 0 Å². The van der Waals surface area contributed by atoms with E-state index in [4.69, 9.17) is 9.84 Å². The van der Waals surface area contributed by atoms with Gasteiger partial charge in [0.2, 0.25) is 11.8 Å². The van der Waals surface area contributed by atoms with Crippen molar-refractivity contribution in [3.05, 3.63) is 34.4 Å². The quantitative estimate of drug-likeness (QED) is 0.460. The van der Waals surface area contributed by atoms with Crippen molar-refractivity contribution in [2.24, 2.45) is 0 Å². The number of hydrogen-bond acceptors (Lipinski definition) is 6. The number of carbonyl (C=O) groups is 3. The number of hydrogen-bond donors (Lipinski definition) is 2. The van der Waals surface area contributed by atoms with Crippen LogP contribution in [0.2, 0.25) is 0 Å². The summed E-state index contributed by atoms with van der Waals surface area (Å²) < 4.78 is 5.30. The summed E-state index contributed by atoms with van der Waals surface area (Å²) in [4.78, 5) is 45.8. The Kier molecular flexibility index (Phi) is 8.00. The van der Waals surface area contributed by atoms with Crippen molar-refractivity contribution in [3.63, 3.8) is 0 Å².